The van der Waals surface area contributed by atoms with Crippen LogP contribution < -0.4 is 0 Å². The predicted molar refractivity (Wildman–Crippen MR) is 247 cm³/mol. The van der Waals surface area contributed by atoms with Crippen molar-refractivity contribution in [3.8, 4) is 0 Å². The van der Waals surface area contributed by atoms with Gasteiger partial charge in [0.2, 0.25) is 0 Å². The number of thioether (sulfide) groups is 1. The molecule has 356 valence electrons. The van der Waals surface area contributed by atoms with E-state index in [0.717, 1.165) is 66.9 Å². The summed E-state index contributed by atoms with van der Waals surface area (Å²) in [6, 6.07) is 14.3. The highest BCUT2D eigenvalue weighted by Gasteiger charge is 2.39. The molecule has 0 aliphatic carbocycles. The number of carbonyl (C=O) groups excluding carboxylic acids is 2. The smallest absolute Gasteiger partial charge is 0.334 e. The molecular formula is C45H58Cl2F6N4O5S2. The highest BCUT2D eigenvalue weighted by Crippen LogP contribution is 2.30. The fraction of sp³-hybridized carbons (Fsp3) is 0.556. The summed E-state index contributed by atoms with van der Waals surface area (Å²) in [5.41, 5.74) is -0.769. The lowest BCUT2D eigenvalue weighted by Gasteiger charge is -2.27. The molecule has 0 unspecified atom stereocenters. The Labute approximate surface area is 389 Å². The number of aliphatic imine (C=N–C) groups is 2. The SMILES string of the molecule is C.CC(C)(C)OO.O=C(C1=CC(C(F)(F)F)=NC1)N(CCC1CCS(=O)CC1)Cc1ccccc1Cl.O=C(C1=CC(C(F)(F)F)=NC1)N(CCC1CCSCC1)Cc1ccccc1Cl. The third-order valence-electron chi connectivity index (χ3n) is 10.5. The van der Waals surface area contributed by atoms with Crippen molar-refractivity contribution in [2.45, 2.75) is 97.8 Å². The zero-order chi connectivity index (χ0) is 46.4. The van der Waals surface area contributed by atoms with Crippen molar-refractivity contribution < 1.29 is 50.3 Å². The maximum Gasteiger partial charge on any atom is 0.432 e. The lowest BCUT2D eigenvalue weighted by molar-refractivity contribution is -0.306. The van der Waals surface area contributed by atoms with E-state index >= 15 is 0 Å². The monoisotopic (exact) mass is 982 g/mol. The number of halogens is 8. The maximum absolute atomic E-state index is 13.0. The summed E-state index contributed by atoms with van der Waals surface area (Å²) in [4.78, 5) is 40.0. The summed E-state index contributed by atoms with van der Waals surface area (Å²) in [6.07, 6.45) is -1.92. The second kappa shape index (κ2) is 25.6. The summed E-state index contributed by atoms with van der Waals surface area (Å²) in [5, 5.41) is 8.95. The van der Waals surface area contributed by atoms with Gasteiger partial charge in [-0.3, -0.25) is 29.0 Å². The minimum absolute atomic E-state index is 0. The predicted octanol–water partition coefficient (Wildman–Crippen LogP) is 11.2. The van der Waals surface area contributed by atoms with Crippen LogP contribution in [0.15, 0.2) is 81.8 Å². The van der Waals surface area contributed by atoms with Crippen molar-refractivity contribution >= 4 is 69.0 Å². The van der Waals surface area contributed by atoms with Crippen LogP contribution in [0.1, 0.15) is 77.8 Å². The Hall–Kier alpha value is -3.22. The minimum Gasteiger partial charge on any atom is -0.334 e. The van der Waals surface area contributed by atoms with Gasteiger partial charge in [-0.1, -0.05) is 67.0 Å². The van der Waals surface area contributed by atoms with Crippen molar-refractivity contribution in [3.63, 3.8) is 0 Å². The number of amides is 2. The summed E-state index contributed by atoms with van der Waals surface area (Å²) < 4.78 is 88.8. The molecule has 9 nitrogen and oxygen atoms in total. The number of benzene rings is 2. The number of hydrogen-bond donors (Lipinski definition) is 1. The molecule has 4 aliphatic heterocycles. The third kappa shape index (κ3) is 18.2. The van der Waals surface area contributed by atoms with Gasteiger partial charge in [-0.15, -0.1) is 0 Å². The first-order valence-electron chi connectivity index (χ1n) is 20.6. The van der Waals surface area contributed by atoms with E-state index in [4.69, 9.17) is 28.5 Å². The summed E-state index contributed by atoms with van der Waals surface area (Å²) in [5.74, 6) is 3.62. The number of rotatable bonds is 12. The van der Waals surface area contributed by atoms with Gasteiger partial charge in [-0.25, -0.2) is 4.89 Å². The topological polar surface area (TPSA) is 112 Å². The van der Waals surface area contributed by atoms with Crippen molar-refractivity contribution in [2.75, 3.05) is 49.2 Å². The van der Waals surface area contributed by atoms with E-state index in [2.05, 4.69) is 14.9 Å². The van der Waals surface area contributed by atoms with E-state index in [1.54, 1.807) is 67.0 Å². The molecule has 4 heterocycles. The average Bonchev–Trinajstić information content (AvgIpc) is 3.96. The Bertz CT molecular complexity index is 2010. The summed E-state index contributed by atoms with van der Waals surface area (Å²) >= 11 is 14.4. The molecule has 0 saturated carbocycles. The van der Waals surface area contributed by atoms with E-state index in [0.29, 0.717) is 52.9 Å². The van der Waals surface area contributed by atoms with Gasteiger partial charge in [-0.2, -0.15) is 38.1 Å². The van der Waals surface area contributed by atoms with Gasteiger partial charge >= 0.3 is 12.4 Å². The molecule has 0 aromatic heterocycles. The van der Waals surface area contributed by atoms with Gasteiger partial charge in [0.25, 0.3) is 11.8 Å². The van der Waals surface area contributed by atoms with Crippen LogP contribution in [0.2, 0.25) is 10.0 Å². The normalized spacial score (nSPS) is 19.1. The Morgan fingerprint density at radius 1 is 0.734 bits per heavy atom. The van der Waals surface area contributed by atoms with Crippen LogP contribution in [0.5, 0.6) is 0 Å². The van der Waals surface area contributed by atoms with Crippen molar-refractivity contribution in [1.29, 1.82) is 0 Å². The molecule has 0 radical (unpaired) electrons. The molecule has 4 aliphatic rings. The number of allylic oxidation sites excluding steroid dienone is 2. The van der Waals surface area contributed by atoms with Crippen LogP contribution >= 0.6 is 35.0 Å². The molecule has 64 heavy (non-hydrogen) atoms. The van der Waals surface area contributed by atoms with Gasteiger partial charge < -0.3 is 9.80 Å². The molecule has 2 fully saturated rings. The van der Waals surface area contributed by atoms with Gasteiger partial charge in [0.15, 0.2) is 0 Å². The fourth-order valence-electron chi connectivity index (χ4n) is 6.87. The second-order valence-electron chi connectivity index (χ2n) is 16.5. The van der Waals surface area contributed by atoms with Crippen molar-refractivity contribution in [1.82, 2.24) is 9.80 Å². The maximum atomic E-state index is 13.0. The molecule has 6 rings (SSSR count). The van der Waals surface area contributed by atoms with E-state index < -0.39 is 52.0 Å². The number of nitrogens with zero attached hydrogens (tertiary/aromatic N) is 4. The molecule has 2 saturated heterocycles. The van der Waals surface area contributed by atoms with E-state index in [1.807, 2.05) is 23.9 Å². The first kappa shape index (κ1) is 55.1. The van der Waals surface area contributed by atoms with E-state index in [9.17, 15) is 40.1 Å². The minimum atomic E-state index is -4.56. The Kier molecular flexibility index (Phi) is 22.1. The van der Waals surface area contributed by atoms with E-state index in [-0.39, 0.29) is 44.8 Å². The Balaban J connectivity index is 0.000000298. The molecule has 2 aromatic rings. The highest BCUT2D eigenvalue weighted by atomic mass is 35.5. The largest absolute Gasteiger partial charge is 0.432 e. The quantitative estimate of drug-likeness (QED) is 0.129. The van der Waals surface area contributed by atoms with Crippen molar-refractivity contribution in [3.05, 3.63) is 93.0 Å². The molecule has 0 spiro atoms. The van der Waals surface area contributed by atoms with Crippen LogP contribution in [0.3, 0.4) is 0 Å². The van der Waals surface area contributed by atoms with Gasteiger partial charge in [-0.05, 0) is 118 Å². The van der Waals surface area contributed by atoms with Gasteiger partial charge in [0, 0.05) is 69.7 Å². The van der Waals surface area contributed by atoms with Crippen molar-refractivity contribution in [2.24, 2.45) is 21.8 Å². The zero-order valence-corrected chi connectivity index (χ0v) is 38.6. The third-order valence-corrected chi connectivity index (χ3v) is 13.7. The summed E-state index contributed by atoms with van der Waals surface area (Å²) in [7, 11) is -0.762. The second-order valence-corrected chi connectivity index (χ2v) is 20.2. The Morgan fingerprint density at radius 3 is 1.45 bits per heavy atom. The summed E-state index contributed by atoms with van der Waals surface area (Å²) in [6.45, 7) is 6.21. The molecule has 2 amide bonds. The van der Waals surface area contributed by atoms with Crippen LogP contribution in [0.4, 0.5) is 26.3 Å². The first-order chi connectivity index (χ1) is 29.6. The first-order valence-corrected chi connectivity index (χ1v) is 24.0. The molecular weight excluding hydrogens is 926 g/mol. The van der Waals surface area contributed by atoms with Crippen LogP contribution in [-0.2, 0) is 38.4 Å². The molecule has 0 bridgehead atoms. The molecule has 2 aromatic carbocycles. The molecule has 19 heteroatoms. The fourth-order valence-corrected chi connectivity index (χ4v) is 9.87. The highest BCUT2D eigenvalue weighted by molar-refractivity contribution is 7.99. The molecule has 1 N–H and O–H groups in total. The van der Waals surface area contributed by atoms with Crippen LogP contribution in [-0.4, -0.2) is 110 Å². The van der Waals surface area contributed by atoms with E-state index in [1.165, 1.54) is 0 Å². The Morgan fingerprint density at radius 2 is 1.11 bits per heavy atom. The average molecular weight is 984 g/mol. The number of carbonyl (C=O) groups is 2. The van der Waals surface area contributed by atoms with Crippen LogP contribution in [0.25, 0.3) is 0 Å². The standard InChI is InChI=1S/C20H22ClF3N2O2S.C20H22ClF3N2OS.C4H10O2.CH4/c21-17-4-2-1-3-15(17)13-26(8-5-14-6-9-29(28)10-7-14)19(27)16-11-18(25-12-16)20(22,23)24;21-17-4-2-1-3-15(17)13-26(8-5-14-6-9-28-10-7-14)19(27)16-11-18(25-12-16)20(22,23)24;1-4(2,3)6-5;/h1-4,11,14H,5-10,12-13H2;1-4,11,14H,5-10,12-13H2;5H,1-3H3;1H4. The number of hydrogen-bond acceptors (Lipinski definition) is 8. The lowest BCUT2D eigenvalue weighted by Crippen LogP contribution is -2.35. The molecule has 0 atom stereocenters. The van der Waals surface area contributed by atoms with Crippen LogP contribution in [0, 0.1) is 11.8 Å². The lowest BCUT2D eigenvalue weighted by atomic mass is 9.98. The van der Waals surface area contributed by atoms with Gasteiger partial charge in [0.1, 0.15) is 11.4 Å². The number of alkyl halides is 6. The van der Waals surface area contributed by atoms with Gasteiger partial charge in [0.05, 0.1) is 18.7 Å². The zero-order valence-electron chi connectivity index (χ0n) is 35.5.